The Morgan fingerprint density at radius 1 is 1.12 bits per heavy atom. The van der Waals surface area contributed by atoms with Gasteiger partial charge in [0.2, 0.25) is 5.88 Å². The monoisotopic (exact) mass is 358 g/mol. The Labute approximate surface area is 144 Å². The molecule has 0 saturated carbocycles. The summed E-state index contributed by atoms with van der Waals surface area (Å²) < 4.78 is 44.7. The van der Waals surface area contributed by atoms with Crippen LogP contribution in [0.4, 0.5) is 4.39 Å². The lowest BCUT2D eigenvalue weighted by atomic mass is 9.93. The third-order valence-corrected chi connectivity index (χ3v) is 5.41. The van der Waals surface area contributed by atoms with E-state index in [2.05, 4.69) is 5.10 Å². The van der Waals surface area contributed by atoms with Crippen molar-refractivity contribution in [3.8, 4) is 11.6 Å². The molecule has 0 N–H and O–H groups in total. The fourth-order valence-electron chi connectivity index (χ4n) is 3.14. The summed E-state index contributed by atoms with van der Waals surface area (Å²) in [6, 6.07) is 15.1. The number of nitrogens with zero attached hydrogens (tertiary/aromatic N) is 2. The quantitative estimate of drug-likeness (QED) is 0.660. The molecule has 2 heterocycles. The maximum Gasteiger partial charge on any atom is 0.311 e. The van der Waals surface area contributed by atoms with E-state index >= 15 is 0 Å². The third kappa shape index (κ3) is 2.80. The number of benzene rings is 2. The summed E-state index contributed by atoms with van der Waals surface area (Å²) in [5.41, 5.74) is 2.82. The van der Waals surface area contributed by atoms with Crippen LogP contribution in [0.1, 0.15) is 22.7 Å². The highest BCUT2D eigenvalue weighted by Gasteiger charge is 2.37. The van der Waals surface area contributed by atoms with Crippen molar-refractivity contribution < 1.29 is 17.0 Å². The van der Waals surface area contributed by atoms with Gasteiger partial charge >= 0.3 is 10.1 Å². The highest BCUT2D eigenvalue weighted by atomic mass is 32.2. The van der Waals surface area contributed by atoms with Crippen molar-refractivity contribution in [3.63, 3.8) is 0 Å². The molecule has 25 heavy (non-hydrogen) atoms. The van der Waals surface area contributed by atoms with Crippen LogP contribution in [0, 0.1) is 12.7 Å². The van der Waals surface area contributed by atoms with E-state index in [9.17, 15) is 12.8 Å². The first-order valence-electron chi connectivity index (χ1n) is 7.77. The van der Waals surface area contributed by atoms with E-state index in [0.29, 0.717) is 22.5 Å². The van der Waals surface area contributed by atoms with Gasteiger partial charge in [-0.1, -0.05) is 30.3 Å². The van der Waals surface area contributed by atoms with E-state index in [1.54, 1.807) is 12.1 Å². The molecular formula is C18H15FN2O3S. The van der Waals surface area contributed by atoms with Crippen molar-refractivity contribution in [2.24, 2.45) is 0 Å². The van der Waals surface area contributed by atoms with E-state index in [0.717, 1.165) is 0 Å². The Bertz CT molecular complexity index is 1030. The smallest absolute Gasteiger partial charge is 0.311 e. The Morgan fingerprint density at radius 3 is 2.48 bits per heavy atom. The first-order valence-corrected chi connectivity index (χ1v) is 9.35. The fourth-order valence-corrected chi connectivity index (χ4v) is 4.38. The number of hydrogen-bond acceptors (Lipinski definition) is 4. The zero-order valence-electron chi connectivity index (χ0n) is 13.4. The van der Waals surface area contributed by atoms with E-state index < -0.39 is 16.0 Å². The second-order valence-corrected chi connectivity index (χ2v) is 7.58. The predicted octanol–water partition coefficient (Wildman–Crippen LogP) is 3.17. The van der Waals surface area contributed by atoms with Crippen molar-refractivity contribution in [2.75, 3.05) is 5.75 Å². The lowest BCUT2D eigenvalue weighted by Gasteiger charge is -2.24. The van der Waals surface area contributed by atoms with Gasteiger partial charge in [0.15, 0.2) is 0 Å². The molecule has 5 nitrogen and oxygen atoms in total. The van der Waals surface area contributed by atoms with Crippen LogP contribution in [0.2, 0.25) is 0 Å². The van der Waals surface area contributed by atoms with Crippen molar-refractivity contribution in [1.29, 1.82) is 0 Å². The number of aromatic nitrogens is 2. The van der Waals surface area contributed by atoms with Crippen LogP contribution < -0.4 is 4.18 Å². The van der Waals surface area contributed by atoms with Gasteiger partial charge < -0.3 is 4.18 Å². The molecule has 0 amide bonds. The number of fused-ring (bicyclic) bond motifs is 1. The minimum atomic E-state index is -3.78. The average molecular weight is 358 g/mol. The summed E-state index contributed by atoms with van der Waals surface area (Å²) in [7, 11) is -3.78. The number of aryl methyl sites for hydroxylation is 1. The molecule has 2 aromatic carbocycles. The zero-order valence-corrected chi connectivity index (χ0v) is 14.2. The van der Waals surface area contributed by atoms with Gasteiger partial charge in [-0.3, -0.25) is 0 Å². The standard InChI is InChI=1S/C18H15FN2O3S/c1-12-17-16(13-7-9-14(19)10-8-13)11-25(22,23)24-18(17)21(20-12)15-5-3-2-4-6-15/h2-10,16H,11H2,1H3. The van der Waals surface area contributed by atoms with Crippen molar-refractivity contribution >= 4 is 10.1 Å². The fraction of sp³-hybridized carbons (Fsp3) is 0.167. The lowest BCUT2D eigenvalue weighted by Crippen LogP contribution is -2.27. The highest BCUT2D eigenvalue weighted by Crippen LogP contribution is 2.41. The van der Waals surface area contributed by atoms with Crippen LogP contribution in [0.3, 0.4) is 0 Å². The van der Waals surface area contributed by atoms with Crippen molar-refractivity contribution in [2.45, 2.75) is 12.8 Å². The number of hydrogen-bond donors (Lipinski definition) is 0. The van der Waals surface area contributed by atoms with Gasteiger partial charge in [-0.15, -0.1) is 0 Å². The van der Waals surface area contributed by atoms with Gasteiger partial charge in [-0.2, -0.15) is 18.2 Å². The van der Waals surface area contributed by atoms with E-state index in [1.807, 2.05) is 37.3 Å². The molecule has 0 aliphatic carbocycles. The minimum Gasteiger partial charge on any atom is -0.361 e. The first-order chi connectivity index (χ1) is 11.9. The molecule has 0 saturated heterocycles. The molecule has 0 bridgehead atoms. The lowest BCUT2D eigenvalue weighted by molar-refractivity contribution is 0.446. The van der Waals surface area contributed by atoms with Gasteiger partial charge in [0.25, 0.3) is 0 Å². The molecule has 1 aliphatic rings. The maximum atomic E-state index is 13.2. The SMILES string of the molecule is Cc1nn(-c2ccccc2)c2c1C(c1ccc(F)cc1)CS(=O)(=O)O2. The van der Waals surface area contributed by atoms with Crippen LogP contribution in [-0.4, -0.2) is 24.0 Å². The second-order valence-electron chi connectivity index (χ2n) is 5.96. The van der Waals surface area contributed by atoms with Crippen LogP contribution in [0.15, 0.2) is 54.6 Å². The van der Waals surface area contributed by atoms with Crippen molar-refractivity contribution in [3.05, 3.63) is 77.2 Å². The van der Waals surface area contributed by atoms with Gasteiger partial charge in [-0.25, -0.2) is 4.39 Å². The Morgan fingerprint density at radius 2 is 1.80 bits per heavy atom. The molecule has 1 aliphatic heterocycles. The predicted molar refractivity (Wildman–Crippen MR) is 91.0 cm³/mol. The normalized spacial score (nSPS) is 18.4. The molecule has 1 aromatic heterocycles. The molecule has 0 spiro atoms. The molecule has 1 atom stereocenters. The number of rotatable bonds is 2. The number of para-hydroxylation sites is 1. The summed E-state index contributed by atoms with van der Waals surface area (Å²) in [5.74, 6) is -0.820. The molecule has 0 fully saturated rings. The highest BCUT2D eigenvalue weighted by molar-refractivity contribution is 7.87. The summed E-state index contributed by atoms with van der Waals surface area (Å²) in [6.45, 7) is 1.82. The second kappa shape index (κ2) is 5.70. The maximum absolute atomic E-state index is 13.2. The third-order valence-electron chi connectivity index (χ3n) is 4.26. The van der Waals surface area contributed by atoms with Gasteiger partial charge in [-0.05, 0) is 36.8 Å². The molecule has 3 aromatic rings. The Hall–Kier alpha value is -2.67. The molecule has 7 heteroatoms. The molecule has 128 valence electrons. The topological polar surface area (TPSA) is 61.2 Å². The molecular weight excluding hydrogens is 343 g/mol. The van der Waals surface area contributed by atoms with Gasteiger partial charge in [0, 0.05) is 11.5 Å². The van der Waals surface area contributed by atoms with E-state index in [4.69, 9.17) is 4.18 Å². The largest absolute Gasteiger partial charge is 0.361 e. The summed E-state index contributed by atoms with van der Waals surface area (Å²) in [6.07, 6.45) is 0. The molecule has 0 radical (unpaired) electrons. The average Bonchev–Trinajstić information content (AvgIpc) is 2.91. The molecule has 4 rings (SSSR count). The number of halogens is 1. The van der Waals surface area contributed by atoms with Crippen LogP contribution in [-0.2, 0) is 10.1 Å². The summed E-state index contributed by atoms with van der Waals surface area (Å²) in [4.78, 5) is 0. The summed E-state index contributed by atoms with van der Waals surface area (Å²) >= 11 is 0. The first kappa shape index (κ1) is 15.8. The summed E-state index contributed by atoms with van der Waals surface area (Å²) in [5, 5.41) is 4.47. The Kier molecular flexibility index (Phi) is 3.61. The minimum absolute atomic E-state index is 0.198. The molecule has 1 unspecified atom stereocenters. The van der Waals surface area contributed by atoms with E-state index in [-0.39, 0.29) is 17.5 Å². The van der Waals surface area contributed by atoms with Gasteiger partial charge in [0.1, 0.15) is 5.82 Å². The van der Waals surface area contributed by atoms with Crippen LogP contribution >= 0.6 is 0 Å². The zero-order chi connectivity index (χ0) is 17.6. The van der Waals surface area contributed by atoms with Gasteiger partial charge in [0.05, 0.1) is 17.1 Å². The Balaban J connectivity index is 1.92. The van der Waals surface area contributed by atoms with E-state index in [1.165, 1.54) is 16.8 Å². The van der Waals surface area contributed by atoms with Crippen LogP contribution in [0.5, 0.6) is 5.88 Å². The van der Waals surface area contributed by atoms with Crippen LogP contribution in [0.25, 0.3) is 5.69 Å². The van der Waals surface area contributed by atoms with Crippen molar-refractivity contribution in [1.82, 2.24) is 9.78 Å².